The maximum atomic E-state index is 12.5. The van der Waals surface area contributed by atoms with E-state index < -0.39 is 17.8 Å². The van der Waals surface area contributed by atoms with E-state index in [1.54, 1.807) is 0 Å². The van der Waals surface area contributed by atoms with Crippen molar-refractivity contribution >= 4 is 17.8 Å². The molecule has 1 amide bonds. The number of hydrogen-bond acceptors (Lipinski definition) is 5. The highest BCUT2D eigenvalue weighted by Crippen LogP contribution is 2.45. The lowest BCUT2D eigenvalue weighted by Gasteiger charge is -2.38. The molecule has 238 valence electrons. The predicted molar refractivity (Wildman–Crippen MR) is 168 cm³/mol. The standard InChI is InChI=1S/C35H57NO6/c1-23(2)12-9-13-24(3)14-10-15-25(4)16-11-20-35(8)21-19-29-28(7)33(26(5)27(6)34(29)42-35)41-32(40)22-36-30(37)17-18-31(38)39/h23-25H,9-22H2,1-8H3,(H,36,37)(H,38,39). The lowest BCUT2D eigenvalue weighted by Crippen LogP contribution is -2.37. The van der Waals surface area contributed by atoms with Crippen molar-refractivity contribution in [3.8, 4) is 11.5 Å². The molecule has 0 saturated carbocycles. The van der Waals surface area contributed by atoms with Crippen LogP contribution in [-0.4, -0.2) is 35.1 Å². The molecular formula is C35H57NO6. The third kappa shape index (κ3) is 11.6. The molecule has 2 rings (SSSR count). The predicted octanol–water partition coefficient (Wildman–Crippen LogP) is 8.02. The first-order chi connectivity index (χ1) is 19.7. The molecule has 0 bridgehead atoms. The van der Waals surface area contributed by atoms with E-state index >= 15 is 0 Å². The summed E-state index contributed by atoms with van der Waals surface area (Å²) in [4.78, 5) is 34.9. The Morgan fingerprint density at radius 1 is 0.881 bits per heavy atom. The van der Waals surface area contributed by atoms with E-state index in [0.717, 1.165) is 71.4 Å². The number of rotatable bonds is 18. The van der Waals surface area contributed by atoms with Gasteiger partial charge in [0.15, 0.2) is 0 Å². The molecule has 3 atom stereocenters. The number of hydrogen-bond donors (Lipinski definition) is 2. The van der Waals surface area contributed by atoms with Crippen LogP contribution in [0.1, 0.15) is 134 Å². The second-order valence-electron chi connectivity index (χ2n) is 13.6. The van der Waals surface area contributed by atoms with Gasteiger partial charge in [-0.05, 0) is 87.8 Å². The van der Waals surface area contributed by atoms with Crippen molar-refractivity contribution in [2.75, 3.05) is 6.54 Å². The number of carboxylic acids is 1. The summed E-state index contributed by atoms with van der Waals surface area (Å²) in [7, 11) is 0. The van der Waals surface area contributed by atoms with Crippen molar-refractivity contribution in [2.45, 2.75) is 144 Å². The summed E-state index contributed by atoms with van der Waals surface area (Å²) in [6, 6.07) is 0. The molecule has 0 saturated heterocycles. The Morgan fingerprint density at radius 3 is 2.07 bits per heavy atom. The lowest BCUT2D eigenvalue weighted by molar-refractivity contribution is -0.139. The van der Waals surface area contributed by atoms with Crippen molar-refractivity contribution in [2.24, 2.45) is 17.8 Å². The second kappa shape index (κ2) is 16.9. The molecule has 7 nitrogen and oxygen atoms in total. The second-order valence-corrected chi connectivity index (χ2v) is 13.6. The van der Waals surface area contributed by atoms with Gasteiger partial charge in [-0.1, -0.05) is 72.6 Å². The molecule has 3 unspecified atom stereocenters. The fraction of sp³-hybridized carbons (Fsp3) is 0.743. The third-order valence-electron chi connectivity index (χ3n) is 9.05. The minimum atomic E-state index is -1.06. The van der Waals surface area contributed by atoms with Crippen molar-refractivity contribution in [3.05, 3.63) is 22.3 Å². The molecule has 0 aromatic heterocycles. The van der Waals surface area contributed by atoms with E-state index in [9.17, 15) is 14.4 Å². The fourth-order valence-electron chi connectivity index (χ4n) is 6.04. The number of carbonyl (C=O) groups excluding carboxylic acids is 2. The van der Waals surface area contributed by atoms with Crippen molar-refractivity contribution in [1.29, 1.82) is 0 Å². The molecule has 1 aliphatic heterocycles. The fourth-order valence-corrected chi connectivity index (χ4v) is 6.04. The summed E-state index contributed by atoms with van der Waals surface area (Å²) in [6.45, 7) is 17.2. The van der Waals surface area contributed by atoms with E-state index in [2.05, 4.69) is 39.9 Å². The van der Waals surface area contributed by atoms with Crippen LogP contribution in [0.15, 0.2) is 0 Å². The molecule has 1 aromatic carbocycles. The molecule has 0 aliphatic carbocycles. The molecule has 1 heterocycles. The molecule has 42 heavy (non-hydrogen) atoms. The van der Waals surface area contributed by atoms with Gasteiger partial charge in [-0.15, -0.1) is 0 Å². The van der Waals surface area contributed by atoms with Crippen LogP contribution in [0.25, 0.3) is 0 Å². The first-order valence-corrected chi connectivity index (χ1v) is 16.2. The number of fused-ring (bicyclic) bond motifs is 1. The first-order valence-electron chi connectivity index (χ1n) is 16.2. The molecule has 0 radical (unpaired) electrons. The van der Waals surface area contributed by atoms with Gasteiger partial charge in [-0.2, -0.15) is 0 Å². The zero-order chi connectivity index (χ0) is 31.4. The summed E-state index contributed by atoms with van der Waals surface area (Å²) in [6.07, 6.45) is 12.8. The van der Waals surface area contributed by atoms with Crippen LogP contribution in [0.2, 0.25) is 0 Å². The molecule has 7 heteroatoms. The number of nitrogens with one attached hydrogen (secondary N) is 1. The quantitative estimate of drug-likeness (QED) is 0.133. The Labute approximate surface area is 254 Å². The summed E-state index contributed by atoms with van der Waals surface area (Å²) < 4.78 is 12.4. The number of carboxylic acid groups (broad SMARTS) is 1. The zero-order valence-corrected chi connectivity index (χ0v) is 27.6. The topological polar surface area (TPSA) is 102 Å². The van der Waals surface area contributed by atoms with Crippen LogP contribution in [0, 0.1) is 38.5 Å². The Hall–Kier alpha value is -2.57. The highest BCUT2D eigenvalue weighted by Gasteiger charge is 2.34. The summed E-state index contributed by atoms with van der Waals surface area (Å²) >= 11 is 0. The first kappa shape index (κ1) is 35.6. The van der Waals surface area contributed by atoms with Gasteiger partial charge in [0, 0.05) is 12.0 Å². The van der Waals surface area contributed by atoms with Gasteiger partial charge in [-0.3, -0.25) is 9.59 Å². The van der Waals surface area contributed by atoms with E-state index in [1.807, 2.05) is 20.8 Å². The Bertz CT molecular complexity index is 1060. The monoisotopic (exact) mass is 587 g/mol. The van der Waals surface area contributed by atoms with Crippen molar-refractivity contribution in [1.82, 2.24) is 5.32 Å². The third-order valence-corrected chi connectivity index (χ3v) is 9.05. The molecule has 0 spiro atoms. The number of benzene rings is 1. The molecule has 0 fully saturated rings. The summed E-state index contributed by atoms with van der Waals surface area (Å²) in [5, 5.41) is 11.1. The van der Waals surface area contributed by atoms with E-state index in [4.69, 9.17) is 14.6 Å². The summed E-state index contributed by atoms with van der Waals surface area (Å²) in [5.74, 6) is 1.69. The number of esters is 1. The van der Waals surface area contributed by atoms with Crippen LogP contribution in [-0.2, 0) is 20.8 Å². The number of aliphatic carboxylic acids is 1. The minimum absolute atomic E-state index is 0.175. The van der Waals surface area contributed by atoms with Gasteiger partial charge in [0.05, 0.1) is 6.42 Å². The molecule has 1 aromatic rings. The number of ether oxygens (including phenoxy) is 2. The smallest absolute Gasteiger partial charge is 0.330 e. The van der Waals surface area contributed by atoms with E-state index in [-0.39, 0.29) is 25.0 Å². The SMILES string of the molecule is Cc1c(C)c2c(c(C)c1OC(=O)CNC(=O)CCC(=O)O)CCC(C)(CCCC(C)CCCC(C)CCCC(C)C)O2. The molecular weight excluding hydrogens is 530 g/mol. The molecule has 2 N–H and O–H groups in total. The maximum Gasteiger partial charge on any atom is 0.330 e. The van der Waals surface area contributed by atoms with Gasteiger partial charge in [-0.25, -0.2) is 4.79 Å². The Kier molecular flexibility index (Phi) is 14.3. The maximum absolute atomic E-state index is 12.5. The largest absolute Gasteiger partial charge is 0.487 e. The summed E-state index contributed by atoms with van der Waals surface area (Å²) in [5.41, 5.74) is 3.60. The van der Waals surface area contributed by atoms with Gasteiger partial charge >= 0.3 is 11.9 Å². The Balaban J connectivity index is 1.87. The van der Waals surface area contributed by atoms with E-state index in [1.165, 1.54) is 44.9 Å². The number of carbonyl (C=O) groups is 3. The van der Waals surface area contributed by atoms with Crippen LogP contribution >= 0.6 is 0 Å². The highest BCUT2D eigenvalue weighted by molar-refractivity contribution is 5.85. The lowest BCUT2D eigenvalue weighted by atomic mass is 9.83. The van der Waals surface area contributed by atoms with E-state index in [0.29, 0.717) is 5.75 Å². The van der Waals surface area contributed by atoms with Gasteiger partial charge in [0.25, 0.3) is 0 Å². The van der Waals surface area contributed by atoms with Crippen molar-refractivity contribution in [3.63, 3.8) is 0 Å². The van der Waals surface area contributed by atoms with Gasteiger partial charge in [0.1, 0.15) is 23.6 Å². The van der Waals surface area contributed by atoms with Crippen LogP contribution in [0.3, 0.4) is 0 Å². The van der Waals surface area contributed by atoms with Crippen LogP contribution < -0.4 is 14.8 Å². The zero-order valence-electron chi connectivity index (χ0n) is 27.6. The Morgan fingerprint density at radius 2 is 1.48 bits per heavy atom. The van der Waals surface area contributed by atoms with Gasteiger partial charge < -0.3 is 19.9 Å². The average Bonchev–Trinajstić information content (AvgIpc) is 2.91. The van der Waals surface area contributed by atoms with Crippen molar-refractivity contribution < 1.29 is 29.0 Å². The minimum Gasteiger partial charge on any atom is -0.487 e. The molecule has 1 aliphatic rings. The average molecular weight is 588 g/mol. The van der Waals surface area contributed by atoms with Crippen LogP contribution in [0.4, 0.5) is 0 Å². The normalized spacial score (nSPS) is 17.7. The van der Waals surface area contributed by atoms with Crippen LogP contribution in [0.5, 0.6) is 11.5 Å². The van der Waals surface area contributed by atoms with Gasteiger partial charge in [0.2, 0.25) is 5.91 Å². The highest BCUT2D eigenvalue weighted by atomic mass is 16.5. The number of amides is 1.